The number of benzene rings is 1. The largest absolute Gasteiger partial charge is 0.341 e. The van der Waals surface area contributed by atoms with Crippen LogP contribution < -0.4 is 4.90 Å². The molecule has 4 nitrogen and oxygen atoms in total. The van der Waals surface area contributed by atoms with E-state index in [4.69, 9.17) is 4.98 Å². The molecule has 2 aromatic rings. The molecule has 0 radical (unpaired) electrons. The molecule has 0 amide bonds. The summed E-state index contributed by atoms with van der Waals surface area (Å²) in [6, 6.07) is 0. The van der Waals surface area contributed by atoms with Crippen molar-refractivity contribution in [1.82, 2.24) is 14.9 Å². The molecule has 8 heteroatoms. The van der Waals surface area contributed by atoms with E-state index in [0.29, 0.717) is 0 Å². The third-order valence-corrected chi connectivity index (χ3v) is 8.46. The van der Waals surface area contributed by atoms with E-state index in [0.717, 1.165) is 67.5 Å². The molecule has 114 valence electrons. The van der Waals surface area contributed by atoms with Gasteiger partial charge in [-0.05, 0) is 83.7 Å². The molecule has 0 saturated carbocycles. The summed E-state index contributed by atoms with van der Waals surface area (Å²) in [7, 11) is 2.17. The Morgan fingerprint density at radius 1 is 0.905 bits per heavy atom. The minimum absolute atomic E-state index is 0.935. The molecule has 1 aromatic heterocycles. The maximum absolute atomic E-state index is 4.79. The molecule has 0 bridgehead atoms. The molecule has 1 N–H and O–H groups in total. The van der Waals surface area contributed by atoms with Gasteiger partial charge in [0.25, 0.3) is 0 Å². The predicted octanol–water partition coefficient (Wildman–Crippen LogP) is 4.75. The van der Waals surface area contributed by atoms with Gasteiger partial charge in [-0.1, -0.05) is 0 Å². The standard InChI is InChI=1S/C13H14Br4N4/c1-20-3-2-4-21(6-5-20)13-18-11-9(16)7(14)8(15)10(17)12(11)19-13/h2-6H2,1H3,(H,18,19). The van der Waals surface area contributed by atoms with Crippen LogP contribution in [0.2, 0.25) is 0 Å². The number of H-pyrrole nitrogens is 1. The average Bonchev–Trinajstić information content (AvgIpc) is 2.80. The monoisotopic (exact) mass is 542 g/mol. The number of aromatic amines is 1. The van der Waals surface area contributed by atoms with Gasteiger partial charge in [0.15, 0.2) is 0 Å². The Morgan fingerprint density at radius 3 is 2.38 bits per heavy atom. The number of hydrogen-bond donors (Lipinski definition) is 1. The van der Waals surface area contributed by atoms with E-state index in [2.05, 4.69) is 85.6 Å². The van der Waals surface area contributed by atoms with Crippen molar-refractivity contribution in [2.75, 3.05) is 38.1 Å². The number of aromatic nitrogens is 2. The van der Waals surface area contributed by atoms with Gasteiger partial charge in [-0.2, -0.15) is 0 Å². The van der Waals surface area contributed by atoms with Gasteiger partial charge in [0.2, 0.25) is 5.95 Å². The molecule has 1 aliphatic rings. The van der Waals surface area contributed by atoms with Crippen molar-refractivity contribution in [2.45, 2.75) is 6.42 Å². The van der Waals surface area contributed by atoms with Crippen molar-refractivity contribution < 1.29 is 0 Å². The number of nitrogens with one attached hydrogen (secondary N) is 1. The topological polar surface area (TPSA) is 35.2 Å². The van der Waals surface area contributed by atoms with Gasteiger partial charge in [-0.3, -0.25) is 0 Å². The second-order valence-electron chi connectivity index (χ2n) is 5.18. The van der Waals surface area contributed by atoms with Crippen molar-refractivity contribution in [3.63, 3.8) is 0 Å². The van der Waals surface area contributed by atoms with Crippen LogP contribution in [0.1, 0.15) is 6.42 Å². The lowest BCUT2D eigenvalue weighted by Gasteiger charge is -2.19. The normalized spacial score (nSPS) is 17.5. The van der Waals surface area contributed by atoms with Crippen LogP contribution in [0, 0.1) is 0 Å². The molecule has 1 saturated heterocycles. The first-order valence-corrected chi connectivity index (χ1v) is 9.81. The molecule has 21 heavy (non-hydrogen) atoms. The van der Waals surface area contributed by atoms with Crippen LogP contribution in [0.25, 0.3) is 11.0 Å². The third-order valence-electron chi connectivity index (χ3n) is 3.72. The van der Waals surface area contributed by atoms with Gasteiger partial charge in [0.1, 0.15) is 5.52 Å². The van der Waals surface area contributed by atoms with Gasteiger partial charge in [0.05, 0.1) is 14.5 Å². The number of hydrogen-bond acceptors (Lipinski definition) is 3. The first kappa shape index (κ1) is 16.2. The second kappa shape index (κ2) is 6.47. The molecule has 0 unspecified atom stereocenters. The van der Waals surface area contributed by atoms with Crippen LogP contribution in [0.5, 0.6) is 0 Å². The number of anilines is 1. The third kappa shape index (κ3) is 3.06. The number of rotatable bonds is 1. The van der Waals surface area contributed by atoms with E-state index in [-0.39, 0.29) is 0 Å². The van der Waals surface area contributed by atoms with Crippen LogP contribution in [0.3, 0.4) is 0 Å². The number of halogens is 4. The first-order chi connectivity index (χ1) is 9.99. The maximum Gasteiger partial charge on any atom is 0.203 e. The van der Waals surface area contributed by atoms with E-state index in [1.54, 1.807) is 0 Å². The van der Waals surface area contributed by atoms with Crippen LogP contribution in [0.15, 0.2) is 17.9 Å². The van der Waals surface area contributed by atoms with Gasteiger partial charge in [-0.25, -0.2) is 4.98 Å². The zero-order valence-corrected chi connectivity index (χ0v) is 17.7. The van der Waals surface area contributed by atoms with Crippen molar-refractivity contribution >= 4 is 80.7 Å². The van der Waals surface area contributed by atoms with Crippen molar-refractivity contribution in [1.29, 1.82) is 0 Å². The average molecular weight is 546 g/mol. The molecule has 1 fully saturated rings. The predicted molar refractivity (Wildman–Crippen MR) is 101 cm³/mol. The Kier molecular flexibility index (Phi) is 5.00. The van der Waals surface area contributed by atoms with Gasteiger partial charge < -0.3 is 14.8 Å². The van der Waals surface area contributed by atoms with Crippen LogP contribution >= 0.6 is 63.7 Å². The number of imidazole rings is 1. The number of fused-ring (bicyclic) bond motifs is 1. The summed E-state index contributed by atoms with van der Waals surface area (Å²) in [6.45, 7) is 4.23. The van der Waals surface area contributed by atoms with E-state index in [9.17, 15) is 0 Å². The maximum atomic E-state index is 4.79. The van der Waals surface area contributed by atoms with Crippen molar-refractivity contribution in [3.05, 3.63) is 17.9 Å². The Morgan fingerprint density at radius 2 is 1.62 bits per heavy atom. The van der Waals surface area contributed by atoms with E-state index >= 15 is 0 Å². The summed E-state index contributed by atoms with van der Waals surface area (Å²) in [6.07, 6.45) is 1.16. The highest BCUT2D eigenvalue weighted by Crippen LogP contribution is 2.43. The molecule has 1 aromatic carbocycles. The number of nitrogens with zero attached hydrogens (tertiary/aromatic N) is 3. The van der Waals surface area contributed by atoms with Gasteiger partial charge in [0, 0.05) is 28.6 Å². The van der Waals surface area contributed by atoms with E-state index in [1.165, 1.54) is 0 Å². The summed E-state index contributed by atoms with van der Waals surface area (Å²) < 4.78 is 3.89. The fourth-order valence-electron chi connectivity index (χ4n) is 2.49. The van der Waals surface area contributed by atoms with Crippen molar-refractivity contribution in [2.24, 2.45) is 0 Å². The fourth-order valence-corrected chi connectivity index (χ4v) is 4.78. The van der Waals surface area contributed by atoms with E-state index in [1.807, 2.05) is 0 Å². The Hall–Kier alpha value is 0.370. The summed E-state index contributed by atoms with van der Waals surface area (Å²) in [4.78, 5) is 12.9. The zero-order valence-electron chi connectivity index (χ0n) is 11.4. The highest BCUT2D eigenvalue weighted by Gasteiger charge is 2.20. The van der Waals surface area contributed by atoms with Crippen LogP contribution in [0.4, 0.5) is 5.95 Å². The summed E-state index contributed by atoms with van der Waals surface area (Å²) >= 11 is 14.4. The lowest BCUT2D eigenvalue weighted by molar-refractivity contribution is 0.360. The smallest absolute Gasteiger partial charge is 0.203 e. The minimum Gasteiger partial charge on any atom is -0.341 e. The summed E-state index contributed by atoms with van der Waals surface area (Å²) in [5, 5.41) is 0. The quantitative estimate of drug-likeness (QED) is 0.415. The van der Waals surface area contributed by atoms with Crippen LogP contribution in [-0.2, 0) is 0 Å². The molecule has 0 spiro atoms. The molecule has 2 heterocycles. The molecule has 0 atom stereocenters. The number of likely N-dealkylation sites (N-methyl/N-ethyl adjacent to an activating group) is 1. The van der Waals surface area contributed by atoms with Gasteiger partial charge in [-0.15, -0.1) is 0 Å². The highest BCUT2D eigenvalue weighted by molar-refractivity contribution is 9.15. The molecule has 0 aliphatic carbocycles. The van der Waals surface area contributed by atoms with Crippen LogP contribution in [-0.4, -0.2) is 48.1 Å². The Bertz CT molecular complexity index is 640. The highest BCUT2D eigenvalue weighted by atomic mass is 79.9. The SMILES string of the molecule is CN1CCCN(c2nc3c(Br)c(Br)c(Br)c(Br)c3[nH]2)CC1. The Balaban J connectivity index is 2.05. The van der Waals surface area contributed by atoms with E-state index < -0.39 is 0 Å². The molecule has 1 aliphatic heterocycles. The second-order valence-corrected chi connectivity index (χ2v) is 8.36. The summed E-state index contributed by atoms with van der Waals surface area (Å²) in [5.74, 6) is 0.937. The summed E-state index contributed by atoms with van der Waals surface area (Å²) in [5.41, 5.74) is 1.94. The Labute approximate surface area is 157 Å². The lowest BCUT2D eigenvalue weighted by Crippen LogP contribution is -2.29. The minimum atomic E-state index is 0.935. The molecule has 3 rings (SSSR count). The van der Waals surface area contributed by atoms with Gasteiger partial charge >= 0.3 is 0 Å². The molecular weight excluding hydrogens is 532 g/mol. The first-order valence-electron chi connectivity index (χ1n) is 6.64. The van der Waals surface area contributed by atoms with Crippen molar-refractivity contribution in [3.8, 4) is 0 Å². The zero-order chi connectivity index (χ0) is 15.1. The lowest BCUT2D eigenvalue weighted by atomic mass is 10.3. The molecular formula is C13H14Br4N4. The fraction of sp³-hybridized carbons (Fsp3) is 0.462.